The molecule has 0 aromatic heterocycles. The summed E-state index contributed by atoms with van der Waals surface area (Å²) in [4.78, 5) is 66.0. The van der Waals surface area contributed by atoms with Crippen molar-refractivity contribution in [2.75, 3.05) is 33.0 Å². The number of cyclic esters (lactones) is 1. The number of ketones is 2. The zero-order chi connectivity index (χ0) is 31.9. The molecule has 0 bridgehead atoms. The van der Waals surface area contributed by atoms with Gasteiger partial charge in [0.15, 0.2) is 17.7 Å². The van der Waals surface area contributed by atoms with E-state index in [1.165, 1.54) is 0 Å². The van der Waals surface area contributed by atoms with Crippen LogP contribution in [0.25, 0.3) is 0 Å². The fourth-order valence-electron chi connectivity index (χ4n) is 4.82. The Balaban J connectivity index is 1.76. The number of aliphatic hydroxyl groups is 1. The van der Waals surface area contributed by atoms with Crippen LogP contribution in [0.3, 0.4) is 0 Å². The molecule has 0 spiro atoms. The Morgan fingerprint density at radius 2 is 1.57 bits per heavy atom. The van der Waals surface area contributed by atoms with E-state index in [4.69, 9.17) is 24.1 Å². The standard InChI is InChI=1S/C33H39NO10/c1-23-30(26-12-7-4-8-13-26)44-33(40)34(23)32(39)28(22-25-10-5-3-6-11-25)31(43-24(2)36)29(38)16-15-27(37)14-9-18-41-20-21-42-19-17-35/h3-8,10-13,15-16,23,28,30-31,35H,9,14,17-22H2,1-2H3/t23-,28+,30-,31-/m0/s1. The topological polar surface area (TPSA) is 146 Å². The number of rotatable bonds is 18. The van der Waals surface area contributed by atoms with Crippen molar-refractivity contribution in [3.8, 4) is 0 Å². The first-order chi connectivity index (χ1) is 21.2. The number of hydrogen-bond acceptors (Lipinski definition) is 10. The predicted octanol–water partition coefficient (Wildman–Crippen LogP) is 3.39. The highest BCUT2D eigenvalue weighted by atomic mass is 16.6. The minimum absolute atomic E-state index is 0.0169. The Labute approximate surface area is 256 Å². The molecule has 1 saturated heterocycles. The van der Waals surface area contributed by atoms with Crippen LogP contribution in [0.1, 0.15) is 43.9 Å². The lowest BCUT2D eigenvalue weighted by molar-refractivity contribution is -0.158. The maximum absolute atomic E-state index is 14.1. The second kappa shape index (κ2) is 17.8. The third-order valence-corrected chi connectivity index (χ3v) is 6.94. The summed E-state index contributed by atoms with van der Waals surface area (Å²) >= 11 is 0. The van der Waals surface area contributed by atoms with Crippen LogP contribution in [0, 0.1) is 5.92 Å². The molecule has 4 atom stereocenters. The lowest BCUT2D eigenvalue weighted by Gasteiger charge is -2.28. The molecule has 11 nitrogen and oxygen atoms in total. The van der Waals surface area contributed by atoms with Crippen molar-refractivity contribution in [1.29, 1.82) is 0 Å². The summed E-state index contributed by atoms with van der Waals surface area (Å²) in [5.74, 6) is -3.93. The third kappa shape index (κ3) is 10.2. The summed E-state index contributed by atoms with van der Waals surface area (Å²) in [5.41, 5.74) is 1.38. The Morgan fingerprint density at radius 1 is 0.932 bits per heavy atom. The zero-order valence-electron chi connectivity index (χ0n) is 25.0. The van der Waals surface area contributed by atoms with E-state index >= 15 is 0 Å². The van der Waals surface area contributed by atoms with Gasteiger partial charge in [0, 0.05) is 20.0 Å². The molecule has 1 aliphatic rings. The average molecular weight is 610 g/mol. The summed E-state index contributed by atoms with van der Waals surface area (Å²) in [5, 5.41) is 8.68. The summed E-state index contributed by atoms with van der Waals surface area (Å²) in [6.45, 7) is 3.88. The van der Waals surface area contributed by atoms with Gasteiger partial charge in [0.1, 0.15) is 6.10 Å². The van der Waals surface area contributed by atoms with Crippen molar-refractivity contribution in [1.82, 2.24) is 4.90 Å². The van der Waals surface area contributed by atoms with Crippen LogP contribution < -0.4 is 0 Å². The number of imide groups is 1. The highest BCUT2D eigenvalue weighted by Crippen LogP contribution is 2.34. The van der Waals surface area contributed by atoms with Crippen LogP contribution in [0.2, 0.25) is 0 Å². The Morgan fingerprint density at radius 3 is 2.20 bits per heavy atom. The molecule has 11 heteroatoms. The van der Waals surface area contributed by atoms with Crippen molar-refractivity contribution in [3.63, 3.8) is 0 Å². The fourth-order valence-corrected chi connectivity index (χ4v) is 4.82. The number of aliphatic hydroxyl groups excluding tert-OH is 1. The van der Waals surface area contributed by atoms with Crippen molar-refractivity contribution in [2.45, 2.75) is 51.4 Å². The second-order valence-corrected chi connectivity index (χ2v) is 10.2. The molecule has 0 saturated carbocycles. The molecule has 0 unspecified atom stereocenters. The lowest BCUT2D eigenvalue weighted by atomic mass is 9.89. The largest absolute Gasteiger partial charge is 0.453 e. The maximum atomic E-state index is 14.1. The molecule has 2 aromatic carbocycles. The van der Waals surface area contributed by atoms with E-state index in [-0.39, 0.29) is 31.8 Å². The summed E-state index contributed by atoms with van der Waals surface area (Å²) < 4.78 is 21.4. The molecule has 3 rings (SSSR count). The number of carbonyl (C=O) groups is 5. The number of nitrogens with zero attached hydrogens (tertiary/aromatic N) is 1. The molecule has 2 aromatic rings. The van der Waals surface area contributed by atoms with Gasteiger partial charge < -0.3 is 24.1 Å². The van der Waals surface area contributed by atoms with Gasteiger partial charge >= 0.3 is 12.1 Å². The second-order valence-electron chi connectivity index (χ2n) is 10.2. The average Bonchev–Trinajstić information content (AvgIpc) is 3.32. The summed E-state index contributed by atoms with van der Waals surface area (Å²) in [7, 11) is 0. The number of esters is 1. The van der Waals surface area contributed by atoms with Crippen LogP contribution >= 0.6 is 0 Å². The van der Waals surface area contributed by atoms with Gasteiger partial charge in [0.2, 0.25) is 5.91 Å². The SMILES string of the molecule is CC(=O)O[C@H](C(=O)C=CC(=O)CCCOCCOCCO)[C@@H](Cc1ccccc1)C(=O)N1C(=O)O[C@H](c2ccccc2)[C@@H]1C. The van der Waals surface area contributed by atoms with Gasteiger partial charge in [0.25, 0.3) is 0 Å². The molecule has 1 N–H and O–H groups in total. The van der Waals surface area contributed by atoms with E-state index in [1.54, 1.807) is 61.5 Å². The van der Waals surface area contributed by atoms with Crippen LogP contribution in [-0.4, -0.2) is 84.7 Å². The molecule has 1 fully saturated rings. The molecule has 2 amide bonds. The molecular formula is C33H39NO10. The monoisotopic (exact) mass is 609 g/mol. The Bertz CT molecular complexity index is 1280. The van der Waals surface area contributed by atoms with Crippen LogP contribution in [-0.2, 0) is 44.5 Å². The smallest absolute Gasteiger partial charge is 0.417 e. The molecule has 1 heterocycles. The van der Waals surface area contributed by atoms with Crippen LogP contribution in [0.4, 0.5) is 4.79 Å². The molecule has 0 radical (unpaired) electrons. The van der Waals surface area contributed by atoms with Gasteiger partial charge in [-0.3, -0.25) is 19.2 Å². The number of carbonyl (C=O) groups excluding carboxylic acids is 5. The van der Waals surface area contributed by atoms with Crippen molar-refractivity contribution in [3.05, 3.63) is 83.9 Å². The minimum atomic E-state index is -1.60. The van der Waals surface area contributed by atoms with E-state index in [9.17, 15) is 24.0 Å². The van der Waals surface area contributed by atoms with Gasteiger partial charge in [-0.1, -0.05) is 60.7 Å². The fraction of sp³-hybridized carbons (Fsp3) is 0.424. The van der Waals surface area contributed by atoms with Gasteiger partial charge in [-0.05, 0) is 43.0 Å². The van der Waals surface area contributed by atoms with Crippen LogP contribution in [0.15, 0.2) is 72.8 Å². The van der Waals surface area contributed by atoms with Crippen molar-refractivity contribution < 1.29 is 48.0 Å². The van der Waals surface area contributed by atoms with E-state index in [0.29, 0.717) is 37.4 Å². The number of hydrogen-bond donors (Lipinski definition) is 1. The highest BCUT2D eigenvalue weighted by Gasteiger charge is 2.48. The number of ether oxygens (including phenoxy) is 4. The molecule has 44 heavy (non-hydrogen) atoms. The van der Waals surface area contributed by atoms with Gasteiger partial charge in [0.05, 0.1) is 38.4 Å². The first kappa shape index (κ1) is 34.3. The van der Waals surface area contributed by atoms with Gasteiger partial charge in [-0.15, -0.1) is 0 Å². The lowest BCUT2D eigenvalue weighted by Crippen LogP contribution is -2.48. The first-order valence-electron chi connectivity index (χ1n) is 14.5. The molecule has 0 aliphatic carbocycles. The van der Waals surface area contributed by atoms with E-state index in [0.717, 1.165) is 24.0 Å². The van der Waals surface area contributed by atoms with Crippen molar-refractivity contribution in [2.24, 2.45) is 5.92 Å². The third-order valence-electron chi connectivity index (χ3n) is 6.94. The minimum Gasteiger partial charge on any atom is -0.453 e. The predicted molar refractivity (Wildman–Crippen MR) is 158 cm³/mol. The highest BCUT2D eigenvalue weighted by molar-refractivity contribution is 6.04. The van der Waals surface area contributed by atoms with Crippen molar-refractivity contribution >= 4 is 29.5 Å². The van der Waals surface area contributed by atoms with E-state index in [1.807, 2.05) is 6.07 Å². The quantitative estimate of drug-likeness (QED) is 0.152. The van der Waals surface area contributed by atoms with Crippen LogP contribution in [0.5, 0.6) is 0 Å². The zero-order valence-corrected chi connectivity index (χ0v) is 25.0. The van der Waals surface area contributed by atoms with E-state index in [2.05, 4.69) is 0 Å². The first-order valence-corrected chi connectivity index (χ1v) is 14.5. The molecule has 236 valence electrons. The number of benzene rings is 2. The molecule has 1 aliphatic heterocycles. The Hall–Kier alpha value is -4.19. The number of allylic oxidation sites excluding steroid dienone is 1. The van der Waals surface area contributed by atoms with E-state index < -0.39 is 47.9 Å². The number of amides is 2. The maximum Gasteiger partial charge on any atom is 0.417 e. The summed E-state index contributed by atoms with van der Waals surface area (Å²) in [6, 6.07) is 17.1. The Kier molecular flexibility index (Phi) is 13.9. The normalized spacial score (nSPS) is 17.7. The van der Waals surface area contributed by atoms with Gasteiger partial charge in [-0.2, -0.15) is 0 Å². The summed E-state index contributed by atoms with van der Waals surface area (Å²) in [6.07, 6.45) is -0.603. The van der Waals surface area contributed by atoms with Gasteiger partial charge in [-0.25, -0.2) is 9.69 Å². The molecular weight excluding hydrogens is 570 g/mol.